The Morgan fingerprint density at radius 1 is 0.523 bits per heavy atom. The molecule has 0 aliphatic rings. The number of allylic oxidation sites excluding steroid dienone is 3. The molecule has 1 amide bonds. The van der Waals surface area contributed by atoms with Crippen molar-refractivity contribution in [2.75, 3.05) is 40.9 Å². The number of unbranched alkanes of at least 4 members (excludes halogenated alkanes) is 32. The molecule has 0 aromatic rings. The second-order valence-corrected chi connectivity index (χ2v) is 21.5. The van der Waals surface area contributed by atoms with Crippen molar-refractivity contribution < 1.29 is 37.3 Å². The normalized spacial score (nSPS) is 14.0. The van der Waals surface area contributed by atoms with Crippen LogP contribution in [0.4, 0.5) is 0 Å². The molecule has 0 fully saturated rings. The highest BCUT2D eigenvalue weighted by Gasteiger charge is 2.27. The summed E-state index contributed by atoms with van der Waals surface area (Å²) in [5, 5.41) is 3.01. The summed E-state index contributed by atoms with van der Waals surface area (Å²) in [5.74, 6) is -0.550. The molecule has 65 heavy (non-hydrogen) atoms. The van der Waals surface area contributed by atoms with E-state index in [2.05, 4.69) is 38.2 Å². The molecule has 384 valence electrons. The number of likely N-dealkylation sites (N-methyl/N-ethyl adjacent to an activating group) is 1. The predicted molar refractivity (Wildman–Crippen MR) is 275 cm³/mol. The highest BCUT2D eigenvalue weighted by atomic mass is 31.2. The van der Waals surface area contributed by atoms with E-state index in [9.17, 15) is 19.0 Å². The van der Waals surface area contributed by atoms with Gasteiger partial charge in [0, 0.05) is 12.8 Å². The van der Waals surface area contributed by atoms with Gasteiger partial charge in [0.05, 0.1) is 33.8 Å². The predicted octanol–water partition coefficient (Wildman–Crippen LogP) is 15.6. The van der Waals surface area contributed by atoms with E-state index >= 15 is 0 Å². The number of carbonyl (C=O) groups excluding carboxylic acids is 2. The maximum Gasteiger partial charge on any atom is 0.306 e. The average molecular weight is 939 g/mol. The smallest absolute Gasteiger partial charge is 0.306 e. The van der Waals surface area contributed by atoms with Crippen molar-refractivity contribution in [3.63, 3.8) is 0 Å². The summed E-state index contributed by atoms with van der Waals surface area (Å²) in [6.45, 7) is 6.83. The molecule has 0 spiro atoms. The van der Waals surface area contributed by atoms with Gasteiger partial charge in [-0.1, -0.05) is 219 Å². The summed E-state index contributed by atoms with van der Waals surface area (Å²) >= 11 is 0. The van der Waals surface area contributed by atoms with E-state index in [4.69, 9.17) is 13.8 Å². The Balaban J connectivity index is 5.37. The van der Waals surface area contributed by atoms with Crippen LogP contribution in [0, 0.1) is 0 Å². The van der Waals surface area contributed by atoms with Gasteiger partial charge in [-0.25, -0.2) is 0 Å². The lowest BCUT2D eigenvalue weighted by atomic mass is 10.0. The van der Waals surface area contributed by atoms with Gasteiger partial charge in [-0.15, -0.1) is 0 Å². The van der Waals surface area contributed by atoms with Crippen molar-refractivity contribution in [3.8, 4) is 0 Å². The van der Waals surface area contributed by atoms with Gasteiger partial charge in [-0.3, -0.25) is 14.2 Å². The lowest BCUT2D eigenvalue weighted by molar-refractivity contribution is -0.870. The number of nitrogens with zero attached hydrogens (tertiary/aromatic N) is 1. The fraction of sp³-hybridized carbons (Fsp3) is 0.891. The van der Waals surface area contributed by atoms with E-state index in [1.54, 1.807) is 0 Å². The van der Waals surface area contributed by atoms with Crippen molar-refractivity contribution >= 4 is 19.7 Å². The quantitative estimate of drug-likeness (QED) is 0.0212. The van der Waals surface area contributed by atoms with Crippen molar-refractivity contribution in [1.82, 2.24) is 5.32 Å². The van der Waals surface area contributed by atoms with E-state index in [1.165, 1.54) is 161 Å². The molecule has 0 radical (unpaired) electrons. The van der Waals surface area contributed by atoms with E-state index in [0.29, 0.717) is 17.4 Å². The van der Waals surface area contributed by atoms with Gasteiger partial charge in [0.25, 0.3) is 7.82 Å². The van der Waals surface area contributed by atoms with Crippen LogP contribution in [0.1, 0.15) is 265 Å². The average Bonchev–Trinajstić information content (AvgIpc) is 3.26. The second kappa shape index (κ2) is 46.2. The van der Waals surface area contributed by atoms with Crippen molar-refractivity contribution in [1.29, 1.82) is 0 Å². The molecule has 1 N–H and O–H groups in total. The topological polar surface area (TPSA) is 114 Å². The third-order valence-electron chi connectivity index (χ3n) is 12.4. The molecule has 0 aliphatic heterocycles. The first-order valence-corrected chi connectivity index (χ1v) is 29.1. The molecular weight excluding hydrogens is 832 g/mol. The summed E-state index contributed by atoms with van der Waals surface area (Å²) in [4.78, 5) is 39.7. The highest BCUT2D eigenvalue weighted by Crippen LogP contribution is 2.38. The first-order chi connectivity index (χ1) is 31.4. The minimum absolute atomic E-state index is 0.0220. The largest absolute Gasteiger partial charge is 0.756 e. The van der Waals surface area contributed by atoms with E-state index in [-0.39, 0.29) is 31.5 Å². The minimum Gasteiger partial charge on any atom is -0.756 e. The Kier molecular flexibility index (Phi) is 45.2. The summed E-state index contributed by atoms with van der Waals surface area (Å²) in [6.07, 6.45) is 51.4. The second-order valence-electron chi connectivity index (χ2n) is 20.1. The van der Waals surface area contributed by atoms with Crippen LogP contribution in [-0.4, -0.2) is 69.4 Å². The molecule has 3 unspecified atom stereocenters. The standard InChI is InChI=1S/C55H107N2O7P/c1-7-10-13-16-19-22-25-27-29-32-35-38-41-44-47-54(58)56-52(51-63-65(60,61)62-50-49-57(4,5)6)53(46-43-40-37-34-31-24-21-18-15-12-9-3)64-55(59)48-45-42-39-36-33-30-28-26-23-20-17-14-11-8-2/h29,32,43,46,52-53H,7-28,30-31,33-42,44-45,47-51H2,1-6H3,(H-,56,58,60,61)/b32-29-,46-43+. The monoisotopic (exact) mass is 939 g/mol. The van der Waals surface area contributed by atoms with Crippen LogP contribution in [0.5, 0.6) is 0 Å². The number of quaternary nitrogens is 1. The highest BCUT2D eigenvalue weighted by molar-refractivity contribution is 7.45. The lowest BCUT2D eigenvalue weighted by Crippen LogP contribution is -2.47. The Morgan fingerprint density at radius 3 is 1.32 bits per heavy atom. The van der Waals surface area contributed by atoms with Gasteiger partial charge < -0.3 is 28.5 Å². The first-order valence-electron chi connectivity index (χ1n) is 27.6. The van der Waals surface area contributed by atoms with Crippen molar-refractivity contribution in [2.45, 2.75) is 277 Å². The van der Waals surface area contributed by atoms with Gasteiger partial charge in [-0.2, -0.15) is 0 Å². The molecule has 0 saturated carbocycles. The van der Waals surface area contributed by atoms with Crippen LogP contribution in [-0.2, 0) is 27.9 Å². The van der Waals surface area contributed by atoms with E-state index in [1.807, 2.05) is 33.3 Å². The Morgan fingerprint density at radius 2 is 0.892 bits per heavy atom. The van der Waals surface area contributed by atoms with Gasteiger partial charge in [0.15, 0.2) is 0 Å². The number of nitrogens with one attached hydrogen (secondary N) is 1. The van der Waals surface area contributed by atoms with Gasteiger partial charge in [0.1, 0.15) is 19.3 Å². The van der Waals surface area contributed by atoms with E-state index < -0.39 is 20.0 Å². The summed E-state index contributed by atoms with van der Waals surface area (Å²) in [7, 11) is 1.19. The molecular formula is C55H107N2O7P. The lowest BCUT2D eigenvalue weighted by Gasteiger charge is -2.30. The molecule has 0 bridgehead atoms. The van der Waals surface area contributed by atoms with Crippen molar-refractivity contribution in [3.05, 3.63) is 24.3 Å². The van der Waals surface area contributed by atoms with Crippen molar-refractivity contribution in [2.24, 2.45) is 0 Å². The third-order valence-corrected chi connectivity index (χ3v) is 13.3. The number of rotatable bonds is 50. The number of carbonyl (C=O) groups is 2. The number of phosphoric ester groups is 1. The molecule has 0 aliphatic carbocycles. The number of phosphoric acid groups is 1. The Bertz CT molecular complexity index is 1170. The first kappa shape index (κ1) is 63.5. The summed E-state index contributed by atoms with van der Waals surface area (Å²) < 4.78 is 30.1. The molecule has 0 saturated heterocycles. The fourth-order valence-corrected chi connectivity index (χ4v) is 8.77. The molecule has 10 heteroatoms. The van der Waals surface area contributed by atoms with Crippen LogP contribution < -0.4 is 10.2 Å². The molecule has 0 aromatic carbocycles. The van der Waals surface area contributed by atoms with Crippen LogP contribution in [0.25, 0.3) is 0 Å². The SMILES string of the molecule is CCCCCCCCC/C=C\CCCCCC(=O)NC(COP(=O)([O-])OCC[N+](C)(C)C)C(/C=C/CCCCCCCCCCC)OC(=O)CCCCCCCCCCCCCCCC. The molecule has 9 nitrogen and oxygen atoms in total. The Labute approximate surface area is 403 Å². The van der Waals surface area contributed by atoms with Gasteiger partial charge in [-0.05, 0) is 57.4 Å². The number of amides is 1. The number of esters is 1. The maximum absolute atomic E-state index is 13.4. The molecule has 0 rings (SSSR count). The molecule has 3 atom stereocenters. The zero-order valence-electron chi connectivity index (χ0n) is 43.7. The third kappa shape index (κ3) is 47.4. The van der Waals surface area contributed by atoms with E-state index in [0.717, 1.165) is 70.6 Å². The zero-order chi connectivity index (χ0) is 48.0. The number of hydrogen-bond donors (Lipinski definition) is 1. The van der Waals surface area contributed by atoms with Gasteiger partial charge in [0.2, 0.25) is 5.91 Å². The molecule has 0 heterocycles. The minimum atomic E-state index is -4.69. The van der Waals surface area contributed by atoms with Crippen LogP contribution >= 0.6 is 7.82 Å². The number of hydrogen-bond acceptors (Lipinski definition) is 7. The van der Waals surface area contributed by atoms with Crippen LogP contribution in [0.3, 0.4) is 0 Å². The van der Waals surface area contributed by atoms with Crippen LogP contribution in [0.15, 0.2) is 24.3 Å². The van der Waals surface area contributed by atoms with Crippen LogP contribution in [0.2, 0.25) is 0 Å². The number of ether oxygens (including phenoxy) is 1. The van der Waals surface area contributed by atoms with Gasteiger partial charge >= 0.3 is 5.97 Å². The summed E-state index contributed by atoms with van der Waals surface area (Å²) in [6, 6.07) is -0.888. The summed E-state index contributed by atoms with van der Waals surface area (Å²) in [5.41, 5.74) is 0. The fourth-order valence-electron chi connectivity index (χ4n) is 8.05. The Hall–Kier alpha value is -1.51. The zero-order valence-corrected chi connectivity index (χ0v) is 44.6. The maximum atomic E-state index is 13.4. The molecule has 0 aromatic heterocycles.